The second kappa shape index (κ2) is 10.0. The molecule has 120 valence electrons. The lowest BCUT2D eigenvalue weighted by Gasteiger charge is -2.08. The van der Waals surface area contributed by atoms with Crippen molar-refractivity contribution in [3.05, 3.63) is 58.6 Å². The molecule has 6 heteroatoms. The molecular formula is C16H23N3O2S. The predicted octanol–water partition coefficient (Wildman–Crippen LogP) is 2.41. The molecule has 1 amide bonds. The Hall–Kier alpha value is -1.76. The van der Waals surface area contributed by atoms with Gasteiger partial charge in [-0.2, -0.15) is 10.4 Å². The lowest BCUT2D eigenvalue weighted by atomic mass is 10.0. The number of carbonyl (C=O) groups excluding carboxylic acids is 1. The van der Waals surface area contributed by atoms with E-state index in [0.29, 0.717) is 17.4 Å². The number of carbonyl (C=O) groups is 1. The molecule has 0 aliphatic rings. The van der Waals surface area contributed by atoms with E-state index in [9.17, 15) is 4.79 Å². The largest absolute Gasteiger partial charge is 0.348 e. The van der Waals surface area contributed by atoms with Crippen molar-refractivity contribution in [2.24, 2.45) is 0 Å². The summed E-state index contributed by atoms with van der Waals surface area (Å²) in [6.07, 6.45) is 4.73. The van der Waals surface area contributed by atoms with Crippen LogP contribution >= 0.6 is 12.6 Å². The standard InChI is InChI=1S/C16H23N3O2S/c1-12(2)14-8-6-13(7-9-14)11-18-16(20)15(22)5-4-10-19-21-17-3/h4-10,12,17,19,22H,11H2,1-3H3,(H,18,20)/b10-4+,15-5-. The molecule has 3 N–H and O–H groups in total. The molecule has 0 aromatic heterocycles. The summed E-state index contributed by atoms with van der Waals surface area (Å²) in [7, 11) is 1.63. The fraction of sp³-hybridized carbons (Fsp3) is 0.312. The van der Waals surface area contributed by atoms with Crippen LogP contribution in [0.4, 0.5) is 0 Å². The molecule has 0 bridgehead atoms. The molecule has 0 unspecified atom stereocenters. The Bertz CT molecular complexity index is 525. The summed E-state index contributed by atoms with van der Waals surface area (Å²) in [6.45, 7) is 4.78. The summed E-state index contributed by atoms with van der Waals surface area (Å²) in [5.41, 5.74) is 7.28. The summed E-state index contributed by atoms with van der Waals surface area (Å²) in [4.78, 5) is 16.8. The number of amides is 1. The van der Waals surface area contributed by atoms with E-state index in [2.05, 4.69) is 59.8 Å². The predicted molar refractivity (Wildman–Crippen MR) is 91.9 cm³/mol. The van der Waals surface area contributed by atoms with E-state index >= 15 is 0 Å². The van der Waals surface area contributed by atoms with Gasteiger partial charge in [-0.3, -0.25) is 10.3 Å². The molecule has 5 nitrogen and oxygen atoms in total. The van der Waals surface area contributed by atoms with Crippen molar-refractivity contribution >= 4 is 18.5 Å². The van der Waals surface area contributed by atoms with E-state index in [0.717, 1.165) is 5.56 Å². The molecule has 1 rings (SSSR count). The molecule has 1 aromatic rings. The van der Waals surface area contributed by atoms with Crippen LogP contribution in [-0.2, 0) is 16.3 Å². The molecule has 0 saturated carbocycles. The van der Waals surface area contributed by atoms with E-state index in [1.807, 2.05) is 12.1 Å². The fourth-order valence-electron chi connectivity index (χ4n) is 1.64. The van der Waals surface area contributed by atoms with Crippen molar-refractivity contribution in [3.63, 3.8) is 0 Å². The molecule has 1 aromatic carbocycles. The first-order valence-corrected chi connectivity index (χ1v) is 7.50. The molecule has 0 heterocycles. The summed E-state index contributed by atoms with van der Waals surface area (Å²) < 4.78 is 0. The lowest BCUT2D eigenvalue weighted by Crippen LogP contribution is -2.22. The third-order valence-electron chi connectivity index (χ3n) is 2.91. The number of hydroxylamine groups is 2. The van der Waals surface area contributed by atoms with E-state index < -0.39 is 0 Å². The first-order chi connectivity index (χ1) is 10.5. The van der Waals surface area contributed by atoms with Gasteiger partial charge in [-0.15, -0.1) is 12.6 Å². The fourth-order valence-corrected chi connectivity index (χ4v) is 1.81. The maximum Gasteiger partial charge on any atom is 0.257 e. The van der Waals surface area contributed by atoms with Gasteiger partial charge < -0.3 is 5.32 Å². The van der Waals surface area contributed by atoms with E-state index in [4.69, 9.17) is 0 Å². The minimum atomic E-state index is -0.226. The zero-order valence-corrected chi connectivity index (χ0v) is 14.0. The molecule has 0 fully saturated rings. The molecule has 0 spiro atoms. The molecule has 22 heavy (non-hydrogen) atoms. The minimum Gasteiger partial charge on any atom is -0.348 e. The molecule has 0 saturated heterocycles. The van der Waals surface area contributed by atoms with Crippen LogP contribution in [0, 0.1) is 0 Å². The Morgan fingerprint density at radius 2 is 2.00 bits per heavy atom. The highest BCUT2D eigenvalue weighted by Gasteiger charge is 2.04. The van der Waals surface area contributed by atoms with E-state index in [1.165, 1.54) is 11.8 Å². The number of allylic oxidation sites excluding steroid dienone is 2. The third-order valence-corrected chi connectivity index (χ3v) is 3.26. The zero-order valence-electron chi connectivity index (χ0n) is 13.1. The third kappa shape index (κ3) is 6.80. The smallest absolute Gasteiger partial charge is 0.257 e. The van der Waals surface area contributed by atoms with Gasteiger partial charge in [-0.1, -0.05) is 38.1 Å². The van der Waals surface area contributed by atoms with Crippen molar-refractivity contribution < 1.29 is 9.73 Å². The van der Waals surface area contributed by atoms with Crippen LogP contribution in [0.1, 0.15) is 30.9 Å². The second-order valence-corrected chi connectivity index (χ2v) is 5.40. The maximum atomic E-state index is 11.9. The Morgan fingerprint density at radius 1 is 1.32 bits per heavy atom. The zero-order chi connectivity index (χ0) is 16.4. The van der Waals surface area contributed by atoms with Crippen LogP contribution in [0.5, 0.6) is 0 Å². The van der Waals surface area contributed by atoms with Gasteiger partial charge in [0, 0.05) is 19.8 Å². The van der Waals surface area contributed by atoms with E-state index in [1.54, 1.807) is 19.2 Å². The van der Waals surface area contributed by atoms with Crippen molar-refractivity contribution in [2.45, 2.75) is 26.3 Å². The molecule has 0 aliphatic heterocycles. The number of rotatable bonds is 8. The first-order valence-electron chi connectivity index (χ1n) is 7.05. The summed E-state index contributed by atoms with van der Waals surface area (Å²) in [6, 6.07) is 8.21. The van der Waals surface area contributed by atoms with Crippen LogP contribution < -0.4 is 16.3 Å². The molecule has 0 aliphatic carbocycles. The van der Waals surface area contributed by atoms with Crippen molar-refractivity contribution in [3.8, 4) is 0 Å². The average molecular weight is 321 g/mol. The van der Waals surface area contributed by atoms with Crippen molar-refractivity contribution in [1.82, 2.24) is 16.3 Å². The van der Waals surface area contributed by atoms with Crippen molar-refractivity contribution in [2.75, 3.05) is 7.05 Å². The molecule has 0 radical (unpaired) electrons. The van der Waals surface area contributed by atoms with Crippen LogP contribution in [0.15, 0.2) is 47.5 Å². The highest BCUT2D eigenvalue weighted by Crippen LogP contribution is 2.14. The lowest BCUT2D eigenvalue weighted by molar-refractivity contribution is -0.116. The normalized spacial score (nSPS) is 12.0. The van der Waals surface area contributed by atoms with Crippen LogP contribution in [0.25, 0.3) is 0 Å². The average Bonchev–Trinajstić information content (AvgIpc) is 2.52. The van der Waals surface area contributed by atoms with Gasteiger partial charge in [-0.25, -0.2) is 0 Å². The molecular weight excluding hydrogens is 298 g/mol. The number of nitrogens with one attached hydrogen (secondary N) is 3. The van der Waals surface area contributed by atoms with Gasteiger partial charge >= 0.3 is 0 Å². The monoisotopic (exact) mass is 321 g/mol. The van der Waals surface area contributed by atoms with Gasteiger partial charge in [-0.05, 0) is 29.2 Å². The maximum absolute atomic E-state index is 11.9. The van der Waals surface area contributed by atoms with Crippen molar-refractivity contribution in [1.29, 1.82) is 0 Å². The number of hydrogen-bond acceptors (Lipinski definition) is 5. The number of benzene rings is 1. The Morgan fingerprint density at radius 3 is 2.59 bits per heavy atom. The first kappa shape index (κ1) is 18.3. The summed E-state index contributed by atoms with van der Waals surface area (Å²) in [5, 5.41) is 2.82. The van der Waals surface area contributed by atoms with Crippen LogP contribution in [-0.4, -0.2) is 13.0 Å². The highest BCUT2D eigenvalue weighted by molar-refractivity contribution is 7.85. The Kier molecular flexibility index (Phi) is 8.35. The SMILES string of the molecule is CNON/C=C/C=C(\S)C(=O)NCc1ccc(C(C)C)cc1. The molecule has 0 atom stereocenters. The number of hydrogen-bond donors (Lipinski definition) is 4. The van der Waals surface area contributed by atoms with Gasteiger partial charge in [0.2, 0.25) is 0 Å². The number of thiol groups is 1. The highest BCUT2D eigenvalue weighted by atomic mass is 32.1. The van der Waals surface area contributed by atoms with Crippen LogP contribution in [0.3, 0.4) is 0 Å². The van der Waals surface area contributed by atoms with Gasteiger partial charge in [0.15, 0.2) is 0 Å². The van der Waals surface area contributed by atoms with Gasteiger partial charge in [0.25, 0.3) is 5.91 Å². The second-order valence-electron chi connectivity index (χ2n) is 4.91. The quantitative estimate of drug-likeness (QED) is 0.195. The minimum absolute atomic E-state index is 0.226. The Balaban J connectivity index is 2.44. The van der Waals surface area contributed by atoms with Gasteiger partial charge in [0.05, 0.1) is 4.91 Å². The summed E-state index contributed by atoms with van der Waals surface area (Å²) >= 11 is 4.15. The van der Waals surface area contributed by atoms with Crippen LogP contribution in [0.2, 0.25) is 0 Å². The van der Waals surface area contributed by atoms with E-state index in [-0.39, 0.29) is 5.91 Å². The topological polar surface area (TPSA) is 62.4 Å². The Labute approximate surface area is 137 Å². The van der Waals surface area contributed by atoms with Gasteiger partial charge in [0.1, 0.15) is 0 Å². The summed E-state index contributed by atoms with van der Waals surface area (Å²) in [5.74, 6) is 0.276.